The highest BCUT2D eigenvalue weighted by atomic mass is 16.7. The number of benzene rings is 3. The van der Waals surface area contributed by atoms with Gasteiger partial charge in [0.15, 0.2) is 0 Å². The number of aromatic nitrogens is 2. The summed E-state index contributed by atoms with van der Waals surface area (Å²) in [6.45, 7) is 11.8. The quantitative estimate of drug-likeness (QED) is 0.188. The van der Waals surface area contributed by atoms with Gasteiger partial charge in [-0.2, -0.15) is 0 Å². The van der Waals surface area contributed by atoms with Gasteiger partial charge in [0.05, 0.1) is 11.0 Å². The molecule has 0 saturated carbocycles. The van der Waals surface area contributed by atoms with E-state index in [9.17, 15) is 9.59 Å². The van der Waals surface area contributed by atoms with Crippen molar-refractivity contribution in [2.75, 3.05) is 5.32 Å². The second-order valence-electron chi connectivity index (χ2n) is 10.8. The molecule has 1 N–H and O–H groups in total. The monoisotopic (exact) mass is 527 g/mol. The van der Waals surface area contributed by atoms with Crippen LogP contribution in [-0.2, 0) is 22.5 Å². The summed E-state index contributed by atoms with van der Waals surface area (Å²) in [4.78, 5) is 29.0. The molecule has 1 aromatic heterocycles. The average Bonchev–Trinajstić information content (AvgIpc) is 3.19. The Hall–Kier alpha value is -4.13. The Morgan fingerprint density at radius 2 is 1.74 bits per heavy atom. The molecule has 1 amide bonds. The van der Waals surface area contributed by atoms with Gasteiger partial charge in [-0.15, -0.1) is 0 Å². The van der Waals surface area contributed by atoms with Gasteiger partial charge in [-0.1, -0.05) is 55.8 Å². The number of carbonyl (C=O) groups excluding carboxylic acids is 2. The highest BCUT2D eigenvalue weighted by Crippen LogP contribution is 2.31. The van der Waals surface area contributed by atoms with E-state index in [0.717, 1.165) is 64.1 Å². The molecule has 39 heavy (non-hydrogen) atoms. The summed E-state index contributed by atoms with van der Waals surface area (Å²) in [6, 6.07) is 19.6. The number of amides is 1. The molecule has 0 aliphatic heterocycles. The van der Waals surface area contributed by atoms with Crippen molar-refractivity contribution in [3.63, 3.8) is 0 Å². The highest BCUT2D eigenvalue weighted by Gasteiger charge is 2.20. The molecule has 0 radical (unpaired) electrons. The van der Waals surface area contributed by atoms with Crippen molar-refractivity contribution in [1.29, 1.82) is 0 Å². The van der Waals surface area contributed by atoms with Gasteiger partial charge in [-0.3, -0.25) is 4.79 Å². The third-order valence-corrected chi connectivity index (χ3v) is 6.27. The first-order chi connectivity index (χ1) is 18.5. The van der Waals surface area contributed by atoms with Crippen LogP contribution >= 0.6 is 0 Å². The van der Waals surface area contributed by atoms with Crippen molar-refractivity contribution in [3.05, 3.63) is 77.6 Å². The van der Waals surface area contributed by atoms with E-state index in [1.54, 1.807) is 26.8 Å². The first-order valence-electron chi connectivity index (χ1n) is 13.4. The van der Waals surface area contributed by atoms with E-state index in [2.05, 4.69) is 28.9 Å². The minimum Gasteiger partial charge on any atom is -0.428 e. The second kappa shape index (κ2) is 11.7. The van der Waals surface area contributed by atoms with Crippen molar-refractivity contribution in [3.8, 4) is 16.9 Å². The maximum atomic E-state index is 12.3. The summed E-state index contributed by atoms with van der Waals surface area (Å²) in [7, 11) is 0. The van der Waals surface area contributed by atoms with E-state index in [4.69, 9.17) is 14.5 Å². The van der Waals surface area contributed by atoms with Crippen molar-refractivity contribution >= 4 is 28.8 Å². The number of unbranched alkanes of at least 4 members (excludes halogenated alkanes) is 1. The predicted molar refractivity (Wildman–Crippen MR) is 155 cm³/mol. The smallest absolute Gasteiger partial charge is 0.428 e. The molecule has 204 valence electrons. The lowest BCUT2D eigenvalue weighted by atomic mass is 10.0. The fourth-order valence-electron chi connectivity index (χ4n) is 4.55. The Labute approximate surface area is 230 Å². The van der Waals surface area contributed by atoms with Gasteiger partial charge in [0.1, 0.15) is 17.2 Å². The molecule has 0 unspecified atom stereocenters. The Kier molecular flexibility index (Phi) is 8.38. The molecule has 0 bridgehead atoms. The number of nitrogens with one attached hydrogen (secondary N) is 1. The first kappa shape index (κ1) is 27.9. The molecule has 4 aromatic rings. The summed E-state index contributed by atoms with van der Waals surface area (Å²) < 4.78 is 13.1. The zero-order valence-corrected chi connectivity index (χ0v) is 23.6. The van der Waals surface area contributed by atoms with Crippen molar-refractivity contribution < 1.29 is 19.1 Å². The molecule has 3 aromatic carbocycles. The Balaban J connectivity index is 1.64. The van der Waals surface area contributed by atoms with Crippen molar-refractivity contribution in [2.24, 2.45) is 0 Å². The van der Waals surface area contributed by atoms with E-state index < -0.39 is 11.8 Å². The van der Waals surface area contributed by atoms with E-state index in [1.807, 2.05) is 49.4 Å². The van der Waals surface area contributed by atoms with Gasteiger partial charge < -0.3 is 19.4 Å². The minimum atomic E-state index is -0.730. The molecule has 0 spiro atoms. The van der Waals surface area contributed by atoms with Crippen LogP contribution in [0.3, 0.4) is 0 Å². The number of imidazole rings is 1. The number of aryl methyl sites for hydroxylation is 2. The van der Waals surface area contributed by atoms with E-state index >= 15 is 0 Å². The zero-order valence-electron chi connectivity index (χ0n) is 23.6. The third kappa shape index (κ3) is 7.05. The average molecular weight is 528 g/mol. The summed E-state index contributed by atoms with van der Waals surface area (Å²) in [5.74, 6) is 1.38. The van der Waals surface area contributed by atoms with Gasteiger partial charge >= 0.3 is 6.16 Å². The van der Waals surface area contributed by atoms with Crippen LogP contribution in [0.2, 0.25) is 0 Å². The van der Waals surface area contributed by atoms with Gasteiger partial charge in [0, 0.05) is 31.1 Å². The van der Waals surface area contributed by atoms with Crippen LogP contribution in [0.25, 0.3) is 22.2 Å². The van der Waals surface area contributed by atoms with E-state index in [0.29, 0.717) is 12.3 Å². The van der Waals surface area contributed by atoms with Gasteiger partial charge in [0.2, 0.25) is 5.91 Å². The predicted octanol–water partition coefficient (Wildman–Crippen LogP) is 7.67. The van der Waals surface area contributed by atoms with Crippen LogP contribution in [-0.4, -0.2) is 27.2 Å². The van der Waals surface area contributed by atoms with E-state index in [1.165, 1.54) is 6.92 Å². The van der Waals surface area contributed by atoms with Crippen LogP contribution in [0.15, 0.2) is 60.7 Å². The fraction of sp³-hybridized carbons (Fsp3) is 0.344. The van der Waals surface area contributed by atoms with Crippen molar-refractivity contribution in [2.45, 2.75) is 73.0 Å². The number of anilines is 1. The number of para-hydroxylation sites is 1. The van der Waals surface area contributed by atoms with Gasteiger partial charge in [-0.25, -0.2) is 9.78 Å². The fourth-order valence-corrected chi connectivity index (χ4v) is 4.55. The SMILES string of the molecule is CCCCc1nc2c(C)cc(NC(C)=O)cc2n1Cc1ccc(-c2ccccc2OC(=O)OC(C)(C)C)cc1. The number of hydrogen-bond donors (Lipinski definition) is 1. The molecule has 0 saturated heterocycles. The molecular weight excluding hydrogens is 490 g/mol. The van der Waals surface area contributed by atoms with Crippen LogP contribution in [0.5, 0.6) is 5.75 Å². The van der Waals surface area contributed by atoms with Gasteiger partial charge in [0.25, 0.3) is 0 Å². The Morgan fingerprint density at radius 1 is 1.03 bits per heavy atom. The molecule has 0 atom stereocenters. The minimum absolute atomic E-state index is 0.0995. The number of hydrogen-bond acceptors (Lipinski definition) is 5. The number of carbonyl (C=O) groups is 2. The largest absolute Gasteiger partial charge is 0.514 e. The second-order valence-corrected chi connectivity index (χ2v) is 10.8. The van der Waals surface area contributed by atoms with Crippen LogP contribution in [0.4, 0.5) is 10.5 Å². The van der Waals surface area contributed by atoms with Crippen LogP contribution in [0, 0.1) is 6.92 Å². The summed E-state index contributed by atoms with van der Waals surface area (Å²) in [6.07, 6.45) is 2.28. The topological polar surface area (TPSA) is 82.5 Å². The number of nitrogens with zero attached hydrogens (tertiary/aromatic N) is 2. The Morgan fingerprint density at radius 3 is 2.41 bits per heavy atom. The molecule has 0 aliphatic carbocycles. The summed E-state index contributed by atoms with van der Waals surface area (Å²) in [5.41, 5.74) is 5.99. The van der Waals surface area contributed by atoms with Crippen LogP contribution < -0.4 is 10.1 Å². The number of fused-ring (bicyclic) bond motifs is 1. The standard InChI is InChI=1S/C32H37N3O4/c1-7-8-13-29-34-30-21(2)18-25(33-22(3)36)19-27(30)35(29)20-23-14-16-24(17-15-23)26-11-9-10-12-28(26)38-31(37)39-32(4,5)6/h9-12,14-19H,7-8,13,20H2,1-6H3,(H,33,36). The zero-order chi connectivity index (χ0) is 28.2. The lowest BCUT2D eigenvalue weighted by Crippen LogP contribution is -2.26. The van der Waals surface area contributed by atoms with E-state index in [-0.39, 0.29) is 5.91 Å². The summed E-state index contributed by atoms with van der Waals surface area (Å²) in [5, 5.41) is 2.91. The molecular formula is C32H37N3O4. The maximum Gasteiger partial charge on any atom is 0.514 e. The lowest BCUT2D eigenvalue weighted by molar-refractivity contribution is -0.114. The normalized spacial score (nSPS) is 11.4. The molecule has 0 aliphatic rings. The van der Waals surface area contributed by atoms with Crippen molar-refractivity contribution in [1.82, 2.24) is 9.55 Å². The Bertz CT molecular complexity index is 1480. The molecule has 4 rings (SSSR count). The van der Waals surface area contributed by atoms with Gasteiger partial charge in [-0.05, 0) is 69.0 Å². The molecule has 7 heteroatoms. The molecule has 1 heterocycles. The first-order valence-corrected chi connectivity index (χ1v) is 13.4. The molecule has 0 fully saturated rings. The number of rotatable bonds is 8. The van der Waals surface area contributed by atoms with Crippen LogP contribution in [0.1, 0.15) is 64.4 Å². The number of ether oxygens (including phenoxy) is 2. The highest BCUT2D eigenvalue weighted by molar-refractivity contribution is 5.92. The third-order valence-electron chi connectivity index (χ3n) is 6.27. The maximum absolute atomic E-state index is 12.3. The lowest BCUT2D eigenvalue weighted by Gasteiger charge is -2.19. The molecule has 7 nitrogen and oxygen atoms in total. The summed E-state index contributed by atoms with van der Waals surface area (Å²) >= 11 is 0.